The van der Waals surface area contributed by atoms with Gasteiger partial charge in [-0.05, 0) is 31.5 Å². The molecule has 6 nitrogen and oxygen atoms in total. The van der Waals surface area contributed by atoms with Crippen LogP contribution in [0.1, 0.15) is 28.9 Å². The fraction of sp³-hybridized carbons (Fsp3) is 0.474. The maximum Gasteiger partial charge on any atom is 0.256 e. The minimum absolute atomic E-state index is 0.0501. The van der Waals surface area contributed by atoms with Crippen LogP contribution in [0, 0.1) is 12.8 Å². The van der Waals surface area contributed by atoms with Crippen molar-refractivity contribution < 1.29 is 14.3 Å². The molecule has 0 radical (unpaired) electrons. The number of hydrogen-bond acceptors (Lipinski definition) is 3. The van der Waals surface area contributed by atoms with Gasteiger partial charge in [-0.25, -0.2) is 0 Å². The van der Waals surface area contributed by atoms with E-state index in [-0.39, 0.29) is 23.8 Å². The van der Waals surface area contributed by atoms with Crippen LogP contribution in [0.25, 0.3) is 10.9 Å². The Labute approximate surface area is 146 Å². The smallest absolute Gasteiger partial charge is 0.256 e. The van der Waals surface area contributed by atoms with Gasteiger partial charge >= 0.3 is 0 Å². The van der Waals surface area contributed by atoms with Gasteiger partial charge in [0.05, 0.1) is 12.7 Å². The Bertz CT molecular complexity index is 870. The Hall–Kier alpha value is -2.50. The molecule has 0 unspecified atom stereocenters. The Morgan fingerprint density at radius 3 is 2.92 bits per heavy atom. The van der Waals surface area contributed by atoms with Crippen molar-refractivity contribution in [3.05, 3.63) is 29.5 Å². The summed E-state index contributed by atoms with van der Waals surface area (Å²) in [6.45, 7) is 3.30. The molecule has 3 heterocycles. The first kappa shape index (κ1) is 16.0. The number of ether oxygens (including phenoxy) is 1. The largest absolute Gasteiger partial charge is 0.497 e. The number of hydrogen-bond donors (Lipinski definition) is 1. The monoisotopic (exact) mass is 341 g/mol. The van der Waals surface area contributed by atoms with Gasteiger partial charge in [-0.15, -0.1) is 0 Å². The minimum Gasteiger partial charge on any atom is -0.497 e. The molecule has 0 spiro atoms. The molecule has 2 aliphatic rings. The van der Waals surface area contributed by atoms with Gasteiger partial charge in [-0.1, -0.05) is 0 Å². The zero-order chi connectivity index (χ0) is 17.7. The van der Waals surface area contributed by atoms with E-state index in [2.05, 4.69) is 9.88 Å². The summed E-state index contributed by atoms with van der Waals surface area (Å²) in [7, 11) is 3.61. The van der Waals surface area contributed by atoms with Crippen molar-refractivity contribution in [2.75, 3.05) is 20.2 Å². The van der Waals surface area contributed by atoms with E-state index in [1.54, 1.807) is 7.11 Å². The number of amides is 2. The van der Waals surface area contributed by atoms with E-state index in [9.17, 15) is 9.59 Å². The number of rotatable bonds is 2. The summed E-state index contributed by atoms with van der Waals surface area (Å²) in [6, 6.07) is 6.06. The number of aromatic nitrogens is 1. The molecule has 6 heteroatoms. The van der Waals surface area contributed by atoms with Crippen LogP contribution in [0.5, 0.6) is 5.75 Å². The molecule has 2 aromatic rings. The first-order valence-corrected chi connectivity index (χ1v) is 8.71. The van der Waals surface area contributed by atoms with E-state index in [0.717, 1.165) is 34.3 Å². The molecule has 0 saturated carbocycles. The Balaban J connectivity index is 1.70. The molecule has 2 saturated heterocycles. The lowest BCUT2D eigenvalue weighted by atomic mass is 9.92. The molecule has 1 N–H and O–H groups in total. The van der Waals surface area contributed by atoms with Crippen LogP contribution < -0.4 is 10.1 Å². The van der Waals surface area contributed by atoms with Gasteiger partial charge in [0.25, 0.3) is 5.91 Å². The number of nitrogens with one attached hydrogen (secondary N) is 1. The number of aryl methyl sites for hydroxylation is 1. The SMILES string of the molecule is COc1ccc2c(c1)c(C(=O)N1CC[C@@H]3NC(=O)C[C@@H]3C1)c(C)n2C. The van der Waals surface area contributed by atoms with Crippen molar-refractivity contribution in [3.8, 4) is 5.75 Å². The quantitative estimate of drug-likeness (QED) is 0.907. The molecule has 1 aromatic heterocycles. The average Bonchev–Trinajstić information content (AvgIpc) is 3.10. The second kappa shape index (κ2) is 5.79. The molecule has 2 fully saturated rings. The predicted molar refractivity (Wildman–Crippen MR) is 94.8 cm³/mol. The summed E-state index contributed by atoms with van der Waals surface area (Å²) in [4.78, 5) is 26.8. The lowest BCUT2D eigenvalue weighted by Gasteiger charge is -2.34. The van der Waals surface area contributed by atoms with Crippen LogP contribution in [0.3, 0.4) is 0 Å². The zero-order valence-electron chi connectivity index (χ0n) is 14.8. The topological polar surface area (TPSA) is 63.6 Å². The predicted octanol–water partition coefficient (Wildman–Crippen LogP) is 1.85. The highest BCUT2D eigenvalue weighted by atomic mass is 16.5. The second-order valence-corrected chi connectivity index (χ2v) is 7.08. The number of piperidine rings is 1. The van der Waals surface area contributed by atoms with Gasteiger partial charge < -0.3 is 19.5 Å². The highest BCUT2D eigenvalue weighted by Gasteiger charge is 2.39. The molecule has 2 atom stereocenters. The summed E-state index contributed by atoms with van der Waals surface area (Å²) in [5, 5.41) is 3.94. The molecule has 132 valence electrons. The van der Waals surface area contributed by atoms with Gasteiger partial charge in [0.2, 0.25) is 5.91 Å². The summed E-state index contributed by atoms with van der Waals surface area (Å²) >= 11 is 0. The first-order valence-electron chi connectivity index (χ1n) is 8.71. The lowest BCUT2D eigenvalue weighted by molar-refractivity contribution is -0.119. The summed E-state index contributed by atoms with van der Waals surface area (Å²) in [5.41, 5.74) is 2.72. The zero-order valence-corrected chi connectivity index (χ0v) is 14.8. The molecule has 4 rings (SSSR count). The number of carbonyl (C=O) groups excluding carboxylic acids is 2. The number of methoxy groups -OCH3 is 1. The molecule has 0 aliphatic carbocycles. The normalized spacial score (nSPS) is 22.8. The van der Waals surface area contributed by atoms with Gasteiger partial charge in [0, 0.05) is 55.1 Å². The molecule has 25 heavy (non-hydrogen) atoms. The van der Waals surface area contributed by atoms with E-state index in [1.807, 2.05) is 37.1 Å². The number of likely N-dealkylation sites (tertiary alicyclic amines) is 1. The number of benzene rings is 1. The van der Waals surface area contributed by atoms with Crippen molar-refractivity contribution in [3.63, 3.8) is 0 Å². The third-order valence-corrected chi connectivity index (χ3v) is 5.73. The summed E-state index contributed by atoms with van der Waals surface area (Å²) in [5.74, 6) is 1.14. The summed E-state index contributed by atoms with van der Waals surface area (Å²) in [6.07, 6.45) is 1.35. The highest BCUT2D eigenvalue weighted by molar-refractivity contribution is 6.08. The van der Waals surface area contributed by atoms with Crippen molar-refractivity contribution >= 4 is 22.7 Å². The average molecular weight is 341 g/mol. The van der Waals surface area contributed by atoms with Crippen molar-refractivity contribution in [2.45, 2.75) is 25.8 Å². The van der Waals surface area contributed by atoms with E-state index in [1.165, 1.54) is 0 Å². The Kier molecular flexibility index (Phi) is 3.71. The van der Waals surface area contributed by atoms with Gasteiger partial charge in [0.1, 0.15) is 5.75 Å². The van der Waals surface area contributed by atoms with Gasteiger partial charge in [0.15, 0.2) is 0 Å². The maximum atomic E-state index is 13.3. The molecule has 2 amide bonds. The number of fused-ring (bicyclic) bond motifs is 2. The van der Waals surface area contributed by atoms with Crippen molar-refractivity contribution in [1.82, 2.24) is 14.8 Å². The van der Waals surface area contributed by atoms with E-state index >= 15 is 0 Å². The van der Waals surface area contributed by atoms with Crippen molar-refractivity contribution in [2.24, 2.45) is 13.0 Å². The van der Waals surface area contributed by atoms with Crippen LogP contribution >= 0.6 is 0 Å². The molecular weight excluding hydrogens is 318 g/mol. The summed E-state index contributed by atoms with van der Waals surface area (Å²) < 4.78 is 7.39. The number of carbonyl (C=O) groups is 2. The van der Waals surface area contributed by atoms with Crippen molar-refractivity contribution in [1.29, 1.82) is 0 Å². The molecule has 2 aliphatic heterocycles. The third-order valence-electron chi connectivity index (χ3n) is 5.73. The van der Waals surface area contributed by atoms with E-state index < -0.39 is 0 Å². The molecule has 0 bridgehead atoms. The van der Waals surface area contributed by atoms with E-state index in [4.69, 9.17) is 4.74 Å². The van der Waals surface area contributed by atoms with Crippen LogP contribution in [-0.2, 0) is 11.8 Å². The lowest BCUT2D eigenvalue weighted by Crippen LogP contribution is -2.47. The fourth-order valence-electron chi connectivity index (χ4n) is 4.22. The standard InChI is InChI=1S/C19H23N3O3/c1-11-18(14-9-13(25-3)4-5-16(14)21(11)2)19(24)22-7-6-15-12(10-22)8-17(23)20-15/h4-5,9,12,15H,6-8,10H2,1-3H3,(H,20,23)/t12-,15+/m1/s1. The first-order chi connectivity index (χ1) is 12.0. The Morgan fingerprint density at radius 2 is 2.16 bits per heavy atom. The van der Waals surface area contributed by atoms with E-state index in [0.29, 0.717) is 19.5 Å². The van der Waals surface area contributed by atoms with Crippen LogP contribution in [-0.4, -0.2) is 47.5 Å². The maximum absolute atomic E-state index is 13.3. The third kappa shape index (κ3) is 2.47. The van der Waals surface area contributed by atoms with Crippen LogP contribution in [0.2, 0.25) is 0 Å². The van der Waals surface area contributed by atoms with Crippen LogP contribution in [0.4, 0.5) is 0 Å². The van der Waals surface area contributed by atoms with Crippen LogP contribution in [0.15, 0.2) is 18.2 Å². The van der Waals surface area contributed by atoms with Gasteiger partial charge in [-0.3, -0.25) is 9.59 Å². The molecule has 1 aromatic carbocycles. The minimum atomic E-state index is 0.0501. The molecular formula is C19H23N3O3. The fourth-order valence-corrected chi connectivity index (χ4v) is 4.22. The second-order valence-electron chi connectivity index (χ2n) is 7.08. The number of nitrogens with zero attached hydrogens (tertiary/aromatic N) is 2. The highest BCUT2D eigenvalue weighted by Crippen LogP contribution is 2.32. The van der Waals surface area contributed by atoms with Gasteiger partial charge in [-0.2, -0.15) is 0 Å². The Morgan fingerprint density at radius 1 is 1.36 bits per heavy atom.